The molecular weight excluding hydrogens is 410 g/mol. The van der Waals surface area contributed by atoms with Gasteiger partial charge < -0.3 is 18.9 Å². The first-order valence-corrected chi connectivity index (χ1v) is 10.4. The van der Waals surface area contributed by atoms with Crippen LogP contribution in [0.25, 0.3) is 6.08 Å². The van der Waals surface area contributed by atoms with E-state index in [4.69, 9.17) is 31.2 Å². The van der Waals surface area contributed by atoms with Gasteiger partial charge in [0.05, 0.1) is 23.8 Å². The molecule has 1 amide bonds. The molecule has 29 heavy (non-hydrogen) atoms. The summed E-state index contributed by atoms with van der Waals surface area (Å²) in [5.41, 5.74) is 1.44. The molecule has 2 aliphatic heterocycles. The molecule has 0 aromatic heterocycles. The SMILES string of the molecule is CCOc1ccc(/C=C2/SC(=S)N(c3ccc4c(c3)OCO4)C2=O)c(OCC)c1. The van der Waals surface area contributed by atoms with E-state index in [2.05, 4.69) is 0 Å². The Bertz CT molecular complexity index is 1000. The Morgan fingerprint density at radius 1 is 1.10 bits per heavy atom. The fraction of sp³-hybridized carbons (Fsp3) is 0.238. The van der Waals surface area contributed by atoms with Crippen molar-refractivity contribution >= 4 is 46.0 Å². The molecule has 150 valence electrons. The van der Waals surface area contributed by atoms with E-state index in [9.17, 15) is 4.79 Å². The average molecular weight is 430 g/mol. The maximum absolute atomic E-state index is 13.1. The first-order chi connectivity index (χ1) is 14.1. The van der Waals surface area contributed by atoms with E-state index >= 15 is 0 Å². The van der Waals surface area contributed by atoms with Gasteiger partial charge in [-0.2, -0.15) is 0 Å². The van der Waals surface area contributed by atoms with E-state index in [1.54, 1.807) is 24.3 Å². The molecule has 2 heterocycles. The predicted molar refractivity (Wildman–Crippen MR) is 117 cm³/mol. The molecule has 0 atom stereocenters. The summed E-state index contributed by atoms with van der Waals surface area (Å²) in [6.07, 6.45) is 1.80. The van der Waals surface area contributed by atoms with Crippen molar-refractivity contribution in [2.45, 2.75) is 13.8 Å². The molecule has 8 heteroatoms. The van der Waals surface area contributed by atoms with Gasteiger partial charge in [0.25, 0.3) is 5.91 Å². The molecule has 0 unspecified atom stereocenters. The van der Waals surface area contributed by atoms with Gasteiger partial charge in [0.2, 0.25) is 6.79 Å². The Morgan fingerprint density at radius 2 is 1.90 bits per heavy atom. The Morgan fingerprint density at radius 3 is 2.69 bits per heavy atom. The number of ether oxygens (including phenoxy) is 4. The topological polar surface area (TPSA) is 57.2 Å². The number of thioether (sulfide) groups is 1. The zero-order chi connectivity index (χ0) is 20.4. The second kappa shape index (κ2) is 8.34. The first kappa shape index (κ1) is 19.6. The number of carbonyl (C=O) groups excluding carboxylic acids is 1. The number of hydrogen-bond acceptors (Lipinski definition) is 7. The third-order valence-corrected chi connectivity index (χ3v) is 5.59. The van der Waals surface area contributed by atoms with Gasteiger partial charge in [-0.25, -0.2) is 0 Å². The summed E-state index contributed by atoms with van der Waals surface area (Å²) in [6, 6.07) is 10.9. The van der Waals surface area contributed by atoms with Crippen molar-refractivity contribution in [1.29, 1.82) is 0 Å². The highest BCUT2D eigenvalue weighted by Crippen LogP contribution is 2.41. The number of fused-ring (bicyclic) bond motifs is 1. The fourth-order valence-corrected chi connectivity index (χ4v) is 4.32. The van der Waals surface area contributed by atoms with Crippen molar-refractivity contribution in [3.05, 3.63) is 46.9 Å². The van der Waals surface area contributed by atoms with Crippen LogP contribution in [0, 0.1) is 0 Å². The van der Waals surface area contributed by atoms with Gasteiger partial charge in [0.1, 0.15) is 11.5 Å². The largest absolute Gasteiger partial charge is 0.494 e. The summed E-state index contributed by atoms with van der Waals surface area (Å²) >= 11 is 6.72. The lowest BCUT2D eigenvalue weighted by molar-refractivity contribution is -0.113. The lowest BCUT2D eigenvalue weighted by atomic mass is 10.1. The highest BCUT2D eigenvalue weighted by Gasteiger charge is 2.34. The second-order valence-electron chi connectivity index (χ2n) is 6.12. The standard InChI is InChI=1S/C21H19NO5S2/c1-3-24-15-7-5-13(17(11-15)25-4-2)9-19-20(23)22(21(28)29-19)14-6-8-16-18(10-14)27-12-26-16/h5-11H,3-4,12H2,1-2H3/b19-9+. The molecule has 2 aliphatic rings. The van der Waals surface area contributed by atoms with Crippen molar-refractivity contribution in [1.82, 2.24) is 0 Å². The number of anilines is 1. The van der Waals surface area contributed by atoms with Crippen LogP contribution in [0.2, 0.25) is 0 Å². The molecule has 6 nitrogen and oxygen atoms in total. The Balaban J connectivity index is 1.64. The van der Waals surface area contributed by atoms with E-state index < -0.39 is 0 Å². The number of hydrogen-bond donors (Lipinski definition) is 0. The molecule has 4 rings (SSSR count). The van der Waals surface area contributed by atoms with Gasteiger partial charge in [0, 0.05) is 17.7 Å². The smallest absolute Gasteiger partial charge is 0.270 e. The number of nitrogens with zero attached hydrogens (tertiary/aromatic N) is 1. The number of rotatable bonds is 6. The van der Waals surface area contributed by atoms with Crippen molar-refractivity contribution < 1.29 is 23.7 Å². The molecule has 0 bridgehead atoms. The van der Waals surface area contributed by atoms with E-state index in [1.807, 2.05) is 32.0 Å². The van der Waals surface area contributed by atoms with Crippen LogP contribution < -0.4 is 23.8 Å². The Kier molecular flexibility index (Phi) is 5.64. The first-order valence-electron chi connectivity index (χ1n) is 9.18. The number of benzene rings is 2. The third-order valence-electron chi connectivity index (χ3n) is 4.29. The molecular formula is C21H19NO5S2. The van der Waals surface area contributed by atoms with Crippen LogP contribution in [-0.4, -0.2) is 30.2 Å². The van der Waals surface area contributed by atoms with E-state index in [0.29, 0.717) is 45.4 Å². The van der Waals surface area contributed by atoms with Crippen molar-refractivity contribution in [2.24, 2.45) is 0 Å². The molecule has 2 aromatic rings. The minimum Gasteiger partial charge on any atom is -0.494 e. The normalized spacial score (nSPS) is 16.6. The average Bonchev–Trinajstić information content (AvgIpc) is 3.28. The van der Waals surface area contributed by atoms with E-state index in [-0.39, 0.29) is 12.7 Å². The summed E-state index contributed by atoms with van der Waals surface area (Å²) in [5.74, 6) is 2.46. The van der Waals surface area contributed by atoms with Crippen molar-refractivity contribution in [2.75, 3.05) is 24.9 Å². The zero-order valence-electron chi connectivity index (χ0n) is 16.0. The summed E-state index contributed by atoms with van der Waals surface area (Å²) in [6.45, 7) is 5.09. The number of amides is 1. The predicted octanol–water partition coefficient (Wildman–Crippen LogP) is 4.62. The fourth-order valence-electron chi connectivity index (χ4n) is 3.03. The van der Waals surface area contributed by atoms with Gasteiger partial charge in [-0.3, -0.25) is 9.69 Å². The van der Waals surface area contributed by atoms with Crippen molar-refractivity contribution in [3.8, 4) is 23.0 Å². The highest BCUT2D eigenvalue weighted by molar-refractivity contribution is 8.27. The minimum absolute atomic E-state index is 0.176. The molecule has 0 saturated carbocycles. The maximum Gasteiger partial charge on any atom is 0.270 e. The van der Waals surface area contributed by atoms with Crippen molar-refractivity contribution in [3.63, 3.8) is 0 Å². The second-order valence-corrected chi connectivity index (χ2v) is 7.80. The molecule has 1 fully saturated rings. The van der Waals surface area contributed by atoms with Crippen LogP contribution in [0.15, 0.2) is 41.3 Å². The van der Waals surface area contributed by atoms with Gasteiger partial charge in [-0.15, -0.1) is 0 Å². The monoisotopic (exact) mass is 429 g/mol. The zero-order valence-corrected chi connectivity index (χ0v) is 17.6. The quantitative estimate of drug-likeness (QED) is 0.491. The summed E-state index contributed by atoms with van der Waals surface area (Å²) in [7, 11) is 0. The van der Waals surface area contributed by atoms with Crippen LogP contribution in [0.1, 0.15) is 19.4 Å². The lowest BCUT2D eigenvalue weighted by Gasteiger charge is -2.15. The van der Waals surface area contributed by atoms with Gasteiger partial charge >= 0.3 is 0 Å². The Hall–Kier alpha value is -2.71. The van der Waals surface area contributed by atoms with E-state index in [1.165, 1.54) is 16.7 Å². The molecule has 0 spiro atoms. The summed E-state index contributed by atoms with van der Waals surface area (Å²) in [5, 5.41) is 0. The molecule has 1 saturated heterocycles. The summed E-state index contributed by atoms with van der Waals surface area (Å²) < 4.78 is 22.5. The van der Waals surface area contributed by atoms with Crippen LogP contribution in [0.3, 0.4) is 0 Å². The number of carbonyl (C=O) groups is 1. The number of thiocarbonyl (C=S) groups is 1. The van der Waals surface area contributed by atoms with Crippen LogP contribution in [-0.2, 0) is 4.79 Å². The molecule has 0 radical (unpaired) electrons. The van der Waals surface area contributed by atoms with Crippen LogP contribution in [0.5, 0.6) is 23.0 Å². The Labute approximate surface area is 178 Å². The summed E-state index contributed by atoms with van der Waals surface area (Å²) in [4.78, 5) is 15.1. The third kappa shape index (κ3) is 3.90. The molecule has 2 aromatic carbocycles. The minimum atomic E-state index is -0.185. The van der Waals surface area contributed by atoms with Gasteiger partial charge in [-0.1, -0.05) is 24.0 Å². The van der Waals surface area contributed by atoms with Gasteiger partial charge in [0.15, 0.2) is 15.8 Å². The van der Waals surface area contributed by atoms with E-state index in [0.717, 1.165) is 11.3 Å². The van der Waals surface area contributed by atoms with Gasteiger partial charge in [-0.05, 0) is 44.2 Å². The highest BCUT2D eigenvalue weighted by atomic mass is 32.2. The lowest BCUT2D eigenvalue weighted by Crippen LogP contribution is -2.27. The molecule has 0 N–H and O–H groups in total. The van der Waals surface area contributed by atoms with Crippen LogP contribution >= 0.6 is 24.0 Å². The molecule has 0 aliphatic carbocycles. The maximum atomic E-state index is 13.1. The van der Waals surface area contributed by atoms with Crippen LogP contribution in [0.4, 0.5) is 5.69 Å².